The van der Waals surface area contributed by atoms with Crippen molar-refractivity contribution in [2.75, 3.05) is 31.6 Å². The molecule has 0 aromatic carbocycles. The maximum Gasteiger partial charge on any atom is 0.250 e. The van der Waals surface area contributed by atoms with Crippen molar-refractivity contribution in [2.24, 2.45) is 0 Å². The van der Waals surface area contributed by atoms with Crippen molar-refractivity contribution in [2.45, 2.75) is 6.54 Å². The molecule has 3 rings (SSSR count). The smallest absolute Gasteiger partial charge is 0.250 e. The van der Waals surface area contributed by atoms with Gasteiger partial charge in [0.2, 0.25) is 5.91 Å². The third-order valence-corrected chi connectivity index (χ3v) is 4.17. The number of aromatic nitrogens is 2. The van der Waals surface area contributed by atoms with Gasteiger partial charge >= 0.3 is 0 Å². The van der Waals surface area contributed by atoms with Crippen molar-refractivity contribution < 1.29 is 9.53 Å². The zero-order valence-electron chi connectivity index (χ0n) is 12.6. The summed E-state index contributed by atoms with van der Waals surface area (Å²) in [5.74, 6) is -0.206. The van der Waals surface area contributed by atoms with Crippen LogP contribution >= 0.6 is 11.3 Å². The first-order valence-corrected chi connectivity index (χ1v) is 8.32. The highest BCUT2D eigenvalue weighted by molar-refractivity contribution is 7.13. The van der Waals surface area contributed by atoms with Crippen LogP contribution < -0.4 is 5.32 Å². The van der Waals surface area contributed by atoms with Crippen molar-refractivity contribution in [1.29, 1.82) is 0 Å². The second kappa shape index (κ2) is 7.96. The molecule has 0 bridgehead atoms. The van der Waals surface area contributed by atoms with Gasteiger partial charge < -0.3 is 4.74 Å². The zero-order chi connectivity index (χ0) is 15.9. The second-order valence-electron chi connectivity index (χ2n) is 5.11. The maximum atomic E-state index is 11.9. The number of thiazole rings is 1. The van der Waals surface area contributed by atoms with Gasteiger partial charge in [-0.2, -0.15) is 0 Å². The number of rotatable bonds is 5. The highest BCUT2D eigenvalue weighted by atomic mass is 32.1. The van der Waals surface area contributed by atoms with Gasteiger partial charge in [0.15, 0.2) is 5.13 Å². The van der Waals surface area contributed by atoms with Gasteiger partial charge in [-0.1, -0.05) is 6.07 Å². The van der Waals surface area contributed by atoms with E-state index in [1.807, 2.05) is 23.6 Å². The quantitative estimate of drug-likeness (QED) is 0.850. The number of nitrogens with one attached hydrogen (secondary N) is 1. The van der Waals surface area contributed by atoms with Crippen LogP contribution in [0.4, 0.5) is 5.13 Å². The van der Waals surface area contributed by atoms with Crippen molar-refractivity contribution in [3.05, 3.63) is 47.2 Å². The Balaban J connectivity index is 1.52. The van der Waals surface area contributed by atoms with Gasteiger partial charge in [0.1, 0.15) is 0 Å². The first kappa shape index (κ1) is 15.8. The van der Waals surface area contributed by atoms with Gasteiger partial charge in [-0.3, -0.25) is 20.0 Å². The summed E-state index contributed by atoms with van der Waals surface area (Å²) in [6, 6.07) is 5.56. The van der Waals surface area contributed by atoms with Crippen LogP contribution in [0.1, 0.15) is 11.4 Å². The number of carbonyl (C=O) groups excluding carboxylic acids is 1. The molecule has 0 unspecified atom stereocenters. The lowest BCUT2D eigenvalue weighted by atomic mass is 10.3. The van der Waals surface area contributed by atoms with Crippen molar-refractivity contribution in [3.8, 4) is 0 Å². The Kier molecular flexibility index (Phi) is 5.46. The topological polar surface area (TPSA) is 67.4 Å². The van der Waals surface area contributed by atoms with Crippen LogP contribution in [0.3, 0.4) is 0 Å². The Morgan fingerprint density at radius 2 is 2.26 bits per heavy atom. The minimum Gasteiger partial charge on any atom is -0.379 e. The fourth-order valence-corrected chi connectivity index (χ4v) is 2.91. The monoisotopic (exact) mass is 330 g/mol. The number of ether oxygens (including phenoxy) is 1. The molecule has 7 heteroatoms. The van der Waals surface area contributed by atoms with Crippen LogP contribution in [0.25, 0.3) is 6.08 Å². The van der Waals surface area contributed by atoms with E-state index in [-0.39, 0.29) is 5.91 Å². The fraction of sp³-hybridized carbons (Fsp3) is 0.312. The molecule has 1 aliphatic heterocycles. The lowest BCUT2D eigenvalue weighted by molar-refractivity contribution is -0.111. The molecule has 0 aliphatic carbocycles. The van der Waals surface area contributed by atoms with E-state index in [0.29, 0.717) is 5.13 Å². The molecule has 3 heterocycles. The molecule has 23 heavy (non-hydrogen) atoms. The lowest BCUT2D eigenvalue weighted by Crippen LogP contribution is -2.35. The molecule has 1 N–H and O–H groups in total. The van der Waals surface area contributed by atoms with Gasteiger partial charge in [0.25, 0.3) is 0 Å². The Morgan fingerprint density at radius 3 is 3.04 bits per heavy atom. The van der Waals surface area contributed by atoms with Crippen LogP contribution in [-0.2, 0) is 16.1 Å². The van der Waals surface area contributed by atoms with Gasteiger partial charge in [-0.05, 0) is 18.2 Å². The SMILES string of the molecule is O=C(/C=C/c1ccccn1)Nc1nc(CN2CCOCC2)cs1. The molecule has 0 atom stereocenters. The van der Waals surface area contributed by atoms with Crippen molar-refractivity contribution in [3.63, 3.8) is 0 Å². The maximum absolute atomic E-state index is 11.9. The molecule has 120 valence electrons. The summed E-state index contributed by atoms with van der Waals surface area (Å²) in [5, 5.41) is 5.37. The number of carbonyl (C=O) groups is 1. The molecular formula is C16H18N4O2S. The van der Waals surface area contributed by atoms with E-state index in [0.717, 1.165) is 44.2 Å². The average Bonchev–Trinajstić information content (AvgIpc) is 3.02. The standard InChI is InChI=1S/C16H18N4O2S/c21-15(5-4-13-3-1-2-6-17-13)19-16-18-14(12-23-16)11-20-7-9-22-10-8-20/h1-6,12H,7-11H2,(H,18,19,21)/b5-4+. The van der Waals surface area contributed by atoms with E-state index in [1.54, 1.807) is 12.3 Å². The van der Waals surface area contributed by atoms with Gasteiger partial charge in [-0.15, -0.1) is 11.3 Å². The highest BCUT2D eigenvalue weighted by Gasteiger charge is 2.13. The highest BCUT2D eigenvalue weighted by Crippen LogP contribution is 2.17. The van der Waals surface area contributed by atoms with Crippen LogP contribution in [0.5, 0.6) is 0 Å². The molecule has 1 fully saturated rings. The molecule has 6 nitrogen and oxygen atoms in total. The Hall–Kier alpha value is -2.09. The van der Waals surface area contributed by atoms with Crippen LogP contribution in [0, 0.1) is 0 Å². The number of pyridine rings is 1. The largest absolute Gasteiger partial charge is 0.379 e. The van der Waals surface area contributed by atoms with Gasteiger partial charge in [0.05, 0.1) is 24.6 Å². The summed E-state index contributed by atoms with van der Waals surface area (Å²) in [4.78, 5) is 22.8. The Bertz CT molecular complexity index is 666. The van der Waals surface area contributed by atoms with E-state index in [1.165, 1.54) is 17.4 Å². The van der Waals surface area contributed by atoms with Crippen molar-refractivity contribution >= 4 is 28.5 Å². The summed E-state index contributed by atoms with van der Waals surface area (Å²) in [6.45, 7) is 4.18. The van der Waals surface area contributed by atoms with E-state index >= 15 is 0 Å². The number of hydrogen-bond acceptors (Lipinski definition) is 6. The summed E-state index contributed by atoms with van der Waals surface area (Å²) in [6.07, 6.45) is 4.83. The number of hydrogen-bond donors (Lipinski definition) is 1. The molecule has 1 amide bonds. The molecule has 2 aromatic rings. The number of morpholine rings is 1. The van der Waals surface area contributed by atoms with Crippen LogP contribution in [-0.4, -0.2) is 47.1 Å². The summed E-state index contributed by atoms with van der Waals surface area (Å²) >= 11 is 1.44. The number of nitrogens with zero attached hydrogens (tertiary/aromatic N) is 3. The minimum absolute atomic E-state index is 0.206. The predicted octanol–water partition coefficient (Wildman–Crippen LogP) is 2.02. The van der Waals surface area contributed by atoms with Crippen molar-refractivity contribution in [1.82, 2.24) is 14.9 Å². The van der Waals surface area contributed by atoms with Crippen LogP contribution in [0.15, 0.2) is 35.9 Å². The summed E-state index contributed by atoms with van der Waals surface area (Å²) in [5.41, 5.74) is 1.72. The number of anilines is 1. The minimum atomic E-state index is -0.206. The van der Waals surface area contributed by atoms with E-state index in [4.69, 9.17) is 4.74 Å². The molecule has 0 spiro atoms. The third-order valence-electron chi connectivity index (χ3n) is 3.36. The zero-order valence-corrected chi connectivity index (χ0v) is 13.5. The average molecular weight is 330 g/mol. The third kappa shape index (κ3) is 4.95. The fourth-order valence-electron chi connectivity index (χ4n) is 2.21. The van der Waals surface area contributed by atoms with Crippen LogP contribution in [0.2, 0.25) is 0 Å². The molecular weight excluding hydrogens is 312 g/mol. The first-order valence-electron chi connectivity index (χ1n) is 7.44. The molecule has 0 radical (unpaired) electrons. The summed E-state index contributed by atoms with van der Waals surface area (Å²) < 4.78 is 5.33. The second-order valence-corrected chi connectivity index (χ2v) is 5.97. The number of amides is 1. The van der Waals surface area contributed by atoms with E-state index < -0.39 is 0 Å². The summed E-state index contributed by atoms with van der Waals surface area (Å²) in [7, 11) is 0. The van der Waals surface area contributed by atoms with E-state index in [9.17, 15) is 4.79 Å². The lowest BCUT2D eigenvalue weighted by Gasteiger charge is -2.25. The molecule has 1 saturated heterocycles. The molecule has 2 aromatic heterocycles. The normalized spacial score (nSPS) is 15.8. The Labute approximate surface area is 138 Å². The molecule has 1 aliphatic rings. The van der Waals surface area contributed by atoms with Gasteiger partial charge in [-0.25, -0.2) is 4.98 Å². The predicted molar refractivity (Wildman–Crippen MR) is 90.1 cm³/mol. The van der Waals surface area contributed by atoms with Gasteiger partial charge in [0, 0.05) is 37.3 Å². The Morgan fingerprint density at radius 1 is 1.39 bits per heavy atom. The molecule has 0 saturated carbocycles. The first-order chi connectivity index (χ1) is 11.3. The van der Waals surface area contributed by atoms with E-state index in [2.05, 4.69) is 20.2 Å².